The van der Waals surface area contributed by atoms with E-state index in [1.165, 1.54) is 36.5 Å². The zero-order chi connectivity index (χ0) is 26.4. The number of hydrogen-bond acceptors (Lipinski definition) is 6. The van der Waals surface area contributed by atoms with Gasteiger partial charge in [0.1, 0.15) is 5.75 Å². The number of halogens is 2. The second-order valence-electron chi connectivity index (χ2n) is 7.64. The van der Waals surface area contributed by atoms with Crippen molar-refractivity contribution in [2.24, 2.45) is 5.10 Å². The highest BCUT2D eigenvalue weighted by molar-refractivity contribution is 7.89. The van der Waals surface area contributed by atoms with Gasteiger partial charge in [0, 0.05) is 10.6 Å². The van der Waals surface area contributed by atoms with Crippen molar-refractivity contribution in [1.29, 1.82) is 0 Å². The standard InChI is InChI=1S/C26H19Cl2N3O5S/c27-18-11-12-21(23(28)14-18)26(33)36-24-13-10-17-6-4-5-9-20(17)22(24)15-29-31-25(32)16-30-37(34,35)19-7-2-1-3-8-19/h1-15,30H,16H2,(H,31,32)/b29-15+. The van der Waals surface area contributed by atoms with Gasteiger partial charge in [-0.3, -0.25) is 4.79 Å². The van der Waals surface area contributed by atoms with E-state index in [4.69, 9.17) is 27.9 Å². The number of benzene rings is 4. The van der Waals surface area contributed by atoms with Gasteiger partial charge in [-0.15, -0.1) is 0 Å². The molecule has 4 rings (SSSR count). The molecule has 0 spiro atoms. The maximum absolute atomic E-state index is 12.8. The summed E-state index contributed by atoms with van der Waals surface area (Å²) in [7, 11) is -3.85. The highest BCUT2D eigenvalue weighted by atomic mass is 35.5. The van der Waals surface area contributed by atoms with Crippen molar-refractivity contribution < 1.29 is 22.7 Å². The number of carbonyl (C=O) groups excluding carboxylic acids is 2. The fourth-order valence-corrected chi connectivity index (χ4v) is 4.85. The molecule has 0 atom stereocenters. The number of nitrogens with zero attached hydrogens (tertiary/aromatic N) is 1. The Morgan fingerprint density at radius 1 is 0.919 bits per heavy atom. The first-order chi connectivity index (χ1) is 17.7. The Morgan fingerprint density at radius 3 is 2.41 bits per heavy atom. The van der Waals surface area contributed by atoms with Crippen LogP contribution in [0.5, 0.6) is 5.75 Å². The number of esters is 1. The van der Waals surface area contributed by atoms with Crippen LogP contribution in [0, 0.1) is 0 Å². The SMILES string of the molecule is O=C(CNS(=O)(=O)c1ccccc1)N/N=C/c1c(OC(=O)c2ccc(Cl)cc2Cl)ccc2ccccc12. The molecule has 1 amide bonds. The molecule has 2 N–H and O–H groups in total. The third kappa shape index (κ3) is 6.52. The van der Waals surface area contributed by atoms with Crippen molar-refractivity contribution in [2.75, 3.05) is 6.54 Å². The number of amides is 1. The molecule has 0 aliphatic carbocycles. The van der Waals surface area contributed by atoms with Crippen molar-refractivity contribution >= 4 is 62.1 Å². The number of nitrogens with one attached hydrogen (secondary N) is 2. The summed E-state index contributed by atoms with van der Waals surface area (Å²) in [5, 5.41) is 6.00. The molecule has 8 nitrogen and oxygen atoms in total. The summed E-state index contributed by atoms with van der Waals surface area (Å²) in [6, 6.07) is 22.8. The fourth-order valence-electron chi connectivity index (χ4n) is 3.36. The van der Waals surface area contributed by atoms with E-state index in [0.29, 0.717) is 16.0 Å². The van der Waals surface area contributed by atoms with Crippen LogP contribution in [-0.2, 0) is 14.8 Å². The molecule has 0 fully saturated rings. The molecule has 4 aromatic rings. The van der Waals surface area contributed by atoms with E-state index in [1.807, 2.05) is 12.1 Å². The smallest absolute Gasteiger partial charge is 0.345 e. The first kappa shape index (κ1) is 26.3. The predicted molar refractivity (Wildman–Crippen MR) is 143 cm³/mol. The molecule has 0 unspecified atom stereocenters. The first-order valence-electron chi connectivity index (χ1n) is 10.8. The lowest BCUT2D eigenvalue weighted by Crippen LogP contribution is -2.34. The van der Waals surface area contributed by atoms with Gasteiger partial charge >= 0.3 is 5.97 Å². The van der Waals surface area contributed by atoms with Crippen molar-refractivity contribution in [3.05, 3.63) is 106 Å². The van der Waals surface area contributed by atoms with Gasteiger partial charge in [-0.05, 0) is 47.2 Å². The van der Waals surface area contributed by atoms with E-state index >= 15 is 0 Å². The average molecular weight is 556 g/mol. The van der Waals surface area contributed by atoms with Crippen LogP contribution in [0.1, 0.15) is 15.9 Å². The van der Waals surface area contributed by atoms with Gasteiger partial charge < -0.3 is 4.74 Å². The molecule has 0 aliphatic rings. The Kier molecular flexibility index (Phi) is 8.20. The molecular weight excluding hydrogens is 537 g/mol. The van der Waals surface area contributed by atoms with E-state index in [9.17, 15) is 18.0 Å². The summed E-state index contributed by atoms with van der Waals surface area (Å²) in [5.41, 5.74) is 2.82. The summed E-state index contributed by atoms with van der Waals surface area (Å²) in [6.45, 7) is -0.527. The lowest BCUT2D eigenvalue weighted by atomic mass is 10.0. The van der Waals surface area contributed by atoms with Crippen LogP contribution in [0.4, 0.5) is 0 Å². The van der Waals surface area contributed by atoms with Crippen molar-refractivity contribution in [2.45, 2.75) is 4.90 Å². The molecule has 37 heavy (non-hydrogen) atoms. The fraction of sp³-hybridized carbons (Fsp3) is 0.0385. The largest absolute Gasteiger partial charge is 0.422 e. The number of sulfonamides is 1. The summed E-state index contributed by atoms with van der Waals surface area (Å²) in [5.74, 6) is -1.22. The molecule has 188 valence electrons. The van der Waals surface area contributed by atoms with Crippen LogP contribution < -0.4 is 14.9 Å². The van der Waals surface area contributed by atoms with Gasteiger partial charge in [0.25, 0.3) is 5.91 Å². The zero-order valence-electron chi connectivity index (χ0n) is 19.0. The molecule has 0 saturated carbocycles. The van der Waals surface area contributed by atoms with Crippen molar-refractivity contribution in [3.63, 3.8) is 0 Å². The minimum Gasteiger partial charge on any atom is -0.422 e. The summed E-state index contributed by atoms with van der Waals surface area (Å²) >= 11 is 12.0. The molecule has 0 heterocycles. The van der Waals surface area contributed by atoms with Crippen LogP contribution in [-0.4, -0.2) is 33.1 Å². The van der Waals surface area contributed by atoms with Crippen LogP contribution in [0.15, 0.2) is 94.9 Å². The highest BCUT2D eigenvalue weighted by Gasteiger charge is 2.17. The van der Waals surface area contributed by atoms with Crippen molar-refractivity contribution in [1.82, 2.24) is 10.1 Å². The van der Waals surface area contributed by atoms with E-state index in [2.05, 4.69) is 15.2 Å². The van der Waals surface area contributed by atoms with Crippen LogP contribution >= 0.6 is 23.2 Å². The Labute approximate surface area is 222 Å². The second kappa shape index (κ2) is 11.5. The summed E-state index contributed by atoms with van der Waals surface area (Å²) in [6.07, 6.45) is 1.32. The maximum atomic E-state index is 12.8. The number of ether oxygens (including phenoxy) is 1. The monoisotopic (exact) mass is 555 g/mol. The highest BCUT2D eigenvalue weighted by Crippen LogP contribution is 2.29. The maximum Gasteiger partial charge on any atom is 0.345 e. The minimum atomic E-state index is -3.85. The Hall–Kier alpha value is -3.76. The topological polar surface area (TPSA) is 114 Å². The Morgan fingerprint density at radius 2 is 1.65 bits per heavy atom. The molecule has 0 aliphatic heterocycles. The van der Waals surface area contributed by atoms with Crippen LogP contribution in [0.3, 0.4) is 0 Å². The van der Waals surface area contributed by atoms with Gasteiger partial charge in [0.15, 0.2) is 0 Å². The molecule has 0 aromatic heterocycles. The first-order valence-corrected chi connectivity index (χ1v) is 13.0. The van der Waals surface area contributed by atoms with Gasteiger partial charge in [-0.1, -0.05) is 71.7 Å². The van der Waals surface area contributed by atoms with Crippen molar-refractivity contribution in [3.8, 4) is 5.75 Å². The third-order valence-corrected chi connectivity index (χ3v) is 7.11. The third-order valence-electron chi connectivity index (χ3n) is 5.14. The van der Waals surface area contributed by atoms with Gasteiger partial charge in [0.05, 0.1) is 28.2 Å². The number of fused-ring (bicyclic) bond motifs is 1. The number of carbonyl (C=O) groups is 2. The van der Waals surface area contributed by atoms with E-state index in [0.717, 1.165) is 5.39 Å². The Bertz CT molecular complexity index is 1610. The van der Waals surface area contributed by atoms with E-state index in [-0.39, 0.29) is 21.2 Å². The number of hydrazone groups is 1. The average Bonchev–Trinajstić information content (AvgIpc) is 2.89. The van der Waals surface area contributed by atoms with Crippen LogP contribution in [0.2, 0.25) is 10.0 Å². The quantitative estimate of drug-likeness (QED) is 0.140. The molecule has 0 bridgehead atoms. The Balaban J connectivity index is 1.51. The van der Waals surface area contributed by atoms with Crippen LogP contribution in [0.25, 0.3) is 10.8 Å². The molecule has 0 saturated heterocycles. The second-order valence-corrected chi connectivity index (χ2v) is 10.3. The summed E-state index contributed by atoms with van der Waals surface area (Å²) < 4.78 is 32.4. The lowest BCUT2D eigenvalue weighted by molar-refractivity contribution is -0.119. The summed E-state index contributed by atoms with van der Waals surface area (Å²) in [4.78, 5) is 25.0. The lowest BCUT2D eigenvalue weighted by Gasteiger charge is -2.11. The van der Waals surface area contributed by atoms with Gasteiger partial charge in [-0.2, -0.15) is 5.10 Å². The minimum absolute atomic E-state index is 0.0364. The molecular formula is C26H19Cl2N3O5S. The molecule has 11 heteroatoms. The molecule has 0 radical (unpaired) electrons. The van der Waals surface area contributed by atoms with E-state index in [1.54, 1.807) is 42.5 Å². The van der Waals surface area contributed by atoms with E-state index < -0.39 is 28.4 Å². The van der Waals surface area contributed by atoms with Gasteiger partial charge in [0.2, 0.25) is 10.0 Å². The normalized spacial score (nSPS) is 11.5. The molecule has 4 aromatic carbocycles. The number of hydrogen-bond donors (Lipinski definition) is 2. The number of rotatable bonds is 8. The van der Waals surface area contributed by atoms with Gasteiger partial charge in [-0.25, -0.2) is 23.4 Å². The zero-order valence-corrected chi connectivity index (χ0v) is 21.3. The predicted octanol–water partition coefficient (Wildman–Crippen LogP) is 4.79.